The Morgan fingerprint density at radius 1 is 0.972 bits per heavy atom. The van der Waals surface area contributed by atoms with Gasteiger partial charge < -0.3 is 9.47 Å². The lowest BCUT2D eigenvalue weighted by molar-refractivity contribution is 0.290. The van der Waals surface area contributed by atoms with E-state index in [-0.39, 0.29) is 11.9 Å². The summed E-state index contributed by atoms with van der Waals surface area (Å²) in [5, 5.41) is 5.79. The van der Waals surface area contributed by atoms with Crippen LogP contribution in [-0.4, -0.2) is 22.4 Å². The predicted molar refractivity (Wildman–Crippen MR) is 143 cm³/mol. The van der Waals surface area contributed by atoms with Crippen molar-refractivity contribution < 1.29 is 13.9 Å². The lowest BCUT2D eigenvalue weighted by atomic mass is 10.2. The van der Waals surface area contributed by atoms with Gasteiger partial charge in [-0.1, -0.05) is 29.8 Å². The van der Waals surface area contributed by atoms with Crippen molar-refractivity contribution in [1.29, 1.82) is 0 Å². The van der Waals surface area contributed by atoms with Crippen LogP contribution in [0.4, 0.5) is 4.39 Å². The molecule has 1 N–H and O–H groups in total. The Balaban J connectivity index is 1.16. The largest absolute Gasteiger partial charge is 0.490 e. The van der Waals surface area contributed by atoms with Gasteiger partial charge in [0.15, 0.2) is 0 Å². The normalized spacial score (nSPS) is 12.0. The molecular formula is C28H23ClFN3O2S. The van der Waals surface area contributed by atoms with Crippen LogP contribution in [0.2, 0.25) is 5.02 Å². The summed E-state index contributed by atoms with van der Waals surface area (Å²) >= 11 is 8.04. The minimum atomic E-state index is -0.293. The van der Waals surface area contributed by atoms with Crippen LogP contribution in [0.5, 0.6) is 17.2 Å². The summed E-state index contributed by atoms with van der Waals surface area (Å²) in [5.41, 5.74) is 1.58. The van der Waals surface area contributed by atoms with E-state index in [9.17, 15) is 4.39 Å². The molecule has 0 spiro atoms. The van der Waals surface area contributed by atoms with E-state index in [1.165, 1.54) is 24.1 Å². The van der Waals surface area contributed by atoms with Crippen molar-refractivity contribution in [1.82, 2.24) is 14.5 Å². The van der Waals surface area contributed by atoms with Crippen LogP contribution in [0.1, 0.15) is 6.92 Å². The Morgan fingerprint density at radius 2 is 1.69 bits per heavy atom. The van der Waals surface area contributed by atoms with Gasteiger partial charge in [0, 0.05) is 16.3 Å². The number of fused-ring (bicyclic) bond motifs is 1. The smallest absolute Gasteiger partial charge is 0.138 e. The molecule has 36 heavy (non-hydrogen) atoms. The fourth-order valence-corrected chi connectivity index (χ4v) is 4.43. The Kier molecular flexibility index (Phi) is 7.41. The van der Waals surface area contributed by atoms with Crippen molar-refractivity contribution >= 4 is 34.5 Å². The van der Waals surface area contributed by atoms with Crippen molar-refractivity contribution in [3.05, 3.63) is 108 Å². The fourth-order valence-electron chi connectivity index (χ4n) is 3.54. The zero-order chi connectivity index (χ0) is 24.9. The molecule has 1 atom stereocenters. The molecule has 0 unspecified atom stereocenters. The molecule has 5 aromatic rings. The van der Waals surface area contributed by atoms with Gasteiger partial charge in [-0.2, -0.15) is 5.10 Å². The van der Waals surface area contributed by atoms with Crippen molar-refractivity contribution in [3.63, 3.8) is 0 Å². The van der Waals surface area contributed by atoms with Crippen molar-refractivity contribution in [3.8, 4) is 22.9 Å². The molecular weight excluding hydrogens is 497 g/mol. The van der Waals surface area contributed by atoms with Crippen molar-refractivity contribution in [2.24, 2.45) is 0 Å². The van der Waals surface area contributed by atoms with E-state index >= 15 is 0 Å². The van der Waals surface area contributed by atoms with Crippen LogP contribution in [0.15, 0.2) is 102 Å². The van der Waals surface area contributed by atoms with E-state index in [4.69, 9.17) is 21.1 Å². The monoisotopic (exact) mass is 519 g/mol. The average molecular weight is 520 g/mol. The first-order valence-electron chi connectivity index (χ1n) is 11.4. The number of hydrogen-bond acceptors (Lipinski definition) is 5. The molecule has 8 heteroatoms. The fraction of sp³-hybridized carbons (Fsp3) is 0.107. The quantitative estimate of drug-likeness (QED) is 0.202. The Bertz CT molecular complexity index is 1440. The van der Waals surface area contributed by atoms with E-state index in [1.54, 1.807) is 23.0 Å². The summed E-state index contributed by atoms with van der Waals surface area (Å²) < 4.78 is 30.2. The highest BCUT2D eigenvalue weighted by Gasteiger charge is 2.12. The summed E-state index contributed by atoms with van der Waals surface area (Å²) in [6.07, 6.45) is 1.74. The number of nitrogens with one attached hydrogen (secondary N) is 1. The lowest BCUT2D eigenvalue weighted by Gasteiger charge is -2.15. The standard InChI is InChI=1S/C28H23ClFN3O2S/c1-19(32-36-25-13-11-24(12-14-25)35-23-5-3-2-4-6-23)18-34-28-15-20-17-31-33(27(20)16-26(28)29)22-9-7-21(30)8-10-22/h2-17,19,32H,18H2,1H3/t19-/m0/s1. The molecule has 5 nitrogen and oxygen atoms in total. The Labute approximate surface area is 217 Å². The molecule has 0 bridgehead atoms. The highest BCUT2D eigenvalue weighted by atomic mass is 35.5. The van der Waals surface area contributed by atoms with Gasteiger partial charge in [0.25, 0.3) is 0 Å². The molecule has 0 amide bonds. The second-order valence-electron chi connectivity index (χ2n) is 8.19. The number of benzene rings is 4. The molecule has 0 radical (unpaired) electrons. The van der Waals surface area contributed by atoms with Gasteiger partial charge in [0.1, 0.15) is 29.7 Å². The summed E-state index contributed by atoms with van der Waals surface area (Å²) in [6.45, 7) is 2.47. The molecule has 0 saturated carbocycles. The molecule has 1 aromatic heterocycles. The molecule has 5 rings (SSSR count). The van der Waals surface area contributed by atoms with Gasteiger partial charge in [0.05, 0.1) is 22.4 Å². The topological polar surface area (TPSA) is 48.3 Å². The van der Waals surface area contributed by atoms with Gasteiger partial charge in [-0.25, -0.2) is 9.07 Å². The first-order valence-corrected chi connectivity index (χ1v) is 12.6. The molecule has 1 heterocycles. The summed E-state index contributed by atoms with van der Waals surface area (Å²) in [7, 11) is 0. The van der Waals surface area contributed by atoms with E-state index in [0.717, 1.165) is 33.0 Å². The lowest BCUT2D eigenvalue weighted by Crippen LogP contribution is -2.26. The number of halogens is 2. The molecule has 0 saturated heterocycles. The van der Waals surface area contributed by atoms with Gasteiger partial charge in [0.2, 0.25) is 0 Å². The Morgan fingerprint density at radius 3 is 2.44 bits per heavy atom. The van der Waals surface area contributed by atoms with E-state index < -0.39 is 0 Å². The number of nitrogens with zero attached hydrogens (tertiary/aromatic N) is 2. The second-order valence-corrected chi connectivity index (χ2v) is 9.51. The number of aromatic nitrogens is 2. The summed E-state index contributed by atoms with van der Waals surface area (Å²) in [5.74, 6) is 1.89. The van der Waals surface area contributed by atoms with Gasteiger partial charge in [-0.3, -0.25) is 4.72 Å². The minimum Gasteiger partial charge on any atom is -0.490 e. The minimum absolute atomic E-state index is 0.0592. The molecule has 0 aliphatic heterocycles. The zero-order valence-electron chi connectivity index (χ0n) is 19.4. The van der Waals surface area contributed by atoms with Crippen molar-refractivity contribution in [2.75, 3.05) is 6.61 Å². The highest BCUT2D eigenvalue weighted by molar-refractivity contribution is 7.97. The van der Waals surface area contributed by atoms with Crippen LogP contribution in [-0.2, 0) is 0 Å². The SMILES string of the molecule is C[C@@H](COc1cc2cnn(-c3ccc(F)cc3)c2cc1Cl)NSc1ccc(Oc2ccccc2)cc1. The first-order chi connectivity index (χ1) is 17.5. The number of ether oxygens (including phenoxy) is 2. The molecule has 0 aliphatic rings. The van der Waals surface area contributed by atoms with E-state index in [2.05, 4.69) is 9.82 Å². The van der Waals surface area contributed by atoms with Gasteiger partial charge in [-0.15, -0.1) is 0 Å². The van der Waals surface area contributed by atoms with Crippen LogP contribution in [0, 0.1) is 5.82 Å². The van der Waals surface area contributed by atoms with Crippen LogP contribution < -0.4 is 14.2 Å². The highest BCUT2D eigenvalue weighted by Crippen LogP contribution is 2.31. The van der Waals surface area contributed by atoms with Crippen LogP contribution in [0.3, 0.4) is 0 Å². The maximum Gasteiger partial charge on any atom is 0.138 e. The van der Waals surface area contributed by atoms with Gasteiger partial charge in [-0.05, 0) is 91.7 Å². The summed E-state index contributed by atoms with van der Waals surface area (Å²) in [4.78, 5) is 1.06. The molecule has 0 fully saturated rings. The molecule has 0 aliphatic carbocycles. The maximum absolute atomic E-state index is 13.3. The third-order valence-corrected chi connectivity index (χ3v) is 6.69. The third-order valence-electron chi connectivity index (χ3n) is 5.36. The average Bonchev–Trinajstić information content (AvgIpc) is 3.30. The predicted octanol–water partition coefficient (Wildman–Crippen LogP) is 7.67. The Hall–Kier alpha value is -3.52. The number of para-hydroxylation sites is 1. The van der Waals surface area contributed by atoms with Crippen molar-refractivity contribution in [2.45, 2.75) is 17.9 Å². The first kappa shape index (κ1) is 24.2. The molecule has 182 valence electrons. The maximum atomic E-state index is 13.3. The molecule has 4 aromatic carbocycles. The van der Waals surface area contributed by atoms with Crippen LogP contribution >= 0.6 is 23.5 Å². The second kappa shape index (κ2) is 11.0. The third kappa shape index (κ3) is 5.82. The number of hydrogen-bond donors (Lipinski definition) is 1. The summed E-state index contributed by atoms with van der Waals surface area (Å²) in [6, 6.07) is 27.5. The van der Waals surface area contributed by atoms with Gasteiger partial charge >= 0.3 is 0 Å². The van der Waals surface area contributed by atoms with Crippen LogP contribution in [0.25, 0.3) is 16.6 Å². The number of rotatable bonds is 9. The zero-order valence-corrected chi connectivity index (χ0v) is 21.0. The van der Waals surface area contributed by atoms with E-state index in [0.29, 0.717) is 17.4 Å². The van der Waals surface area contributed by atoms with E-state index in [1.807, 2.05) is 73.7 Å².